The molecular formula is C12H14ClNO. The van der Waals surface area contributed by atoms with Crippen LogP contribution in [0.5, 0.6) is 0 Å². The molecule has 80 valence electrons. The maximum Gasteiger partial charge on any atom is 0.225 e. The van der Waals surface area contributed by atoms with Crippen LogP contribution in [0.3, 0.4) is 0 Å². The van der Waals surface area contributed by atoms with E-state index in [1.54, 1.807) is 0 Å². The van der Waals surface area contributed by atoms with E-state index < -0.39 is 0 Å². The topological polar surface area (TPSA) is 20.3 Å². The van der Waals surface area contributed by atoms with Crippen molar-refractivity contribution in [3.05, 3.63) is 34.9 Å². The second-order valence-electron chi connectivity index (χ2n) is 4.08. The van der Waals surface area contributed by atoms with E-state index in [1.165, 1.54) is 0 Å². The van der Waals surface area contributed by atoms with Crippen LogP contribution in [0, 0.1) is 5.92 Å². The molecule has 2 rings (SSSR count). The van der Waals surface area contributed by atoms with Gasteiger partial charge in [0.05, 0.1) is 0 Å². The fraction of sp³-hybridized carbons (Fsp3) is 0.417. The van der Waals surface area contributed by atoms with Crippen LogP contribution in [-0.4, -0.2) is 17.4 Å². The van der Waals surface area contributed by atoms with E-state index in [9.17, 15) is 4.79 Å². The average molecular weight is 224 g/mol. The quantitative estimate of drug-likeness (QED) is 0.755. The van der Waals surface area contributed by atoms with Crippen LogP contribution >= 0.6 is 11.6 Å². The van der Waals surface area contributed by atoms with E-state index in [0.29, 0.717) is 6.54 Å². The molecule has 0 N–H and O–H groups in total. The van der Waals surface area contributed by atoms with Gasteiger partial charge in [0.2, 0.25) is 5.91 Å². The van der Waals surface area contributed by atoms with Crippen molar-refractivity contribution < 1.29 is 4.79 Å². The summed E-state index contributed by atoms with van der Waals surface area (Å²) < 4.78 is 0. The first kappa shape index (κ1) is 10.5. The summed E-state index contributed by atoms with van der Waals surface area (Å²) in [6, 6.07) is 7.67. The van der Waals surface area contributed by atoms with E-state index in [0.717, 1.165) is 23.6 Å². The van der Waals surface area contributed by atoms with Gasteiger partial charge in [-0.2, -0.15) is 0 Å². The molecule has 1 aliphatic heterocycles. The van der Waals surface area contributed by atoms with Gasteiger partial charge in [-0.25, -0.2) is 0 Å². The number of benzene rings is 1. The lowest BCUT2D eigenvalue weighted by Gasteiger charge is -2.16. The summed E-state index contributed by atoms with van der Waals surface area (Å²) in [6.07, 6.45) is 0.979. The van der Waals surface area contributed by atoms with Crippen LogP contribution in [-0.2, 0) is 11.3 Å². The monoisotopic (exact) mass is 223 g/mol. The van der Waals surface area contributed by atoms with Crippen molar-refractivity contribution in [3.8, 4) is 0 Å². The molecule has 2 nitrogen and oxygen atoms in total. The first-order valence-corrected chi connectivity index (χ1v) is 5.58. The van der Waals surface area contributed by atoms with E-state index in [-0.39, 0.29) is 11.8 Å². The molecule has 0 radical (unpaired) electrons. The van der Waals surface area contributed by atoms with Gasteiger partial charge < -0.3 is 4.90 Å². The Bertz CT molecular complexity index is 360. The summed E-state index contributed by atoms with van der Waals surface area (Å²) >= 11 is 5.80. The highest BCUT2D eigenvalue weighted by atomic mass is 35.5. The van der Waals surface area contributed by atoms with Crippen molar-refractivity contribution in [1.29, 1.82) is 0 Å². The van der Waals surface area contributed by atoms with Gasteiger partial charge >= 0.3 is 0 Å². The number of carbonyl (C=O) groups excluding carboxylic acids is 1. The zero-order valence-electron chi connectivity index (χ0n) is 8.74. The molecule has 1 aliphatic rings. The number of likely N-dealkylation sites (tertiary alicyclic amines) is 1. The molecule has 1 fully saturated rings. The highest BCUT2D eigenvalue weighted by Crippen LogP contribution is 2.20. The summed E-state index contributed by atoms with van der Waals surface area (Å²) in [7, 11) is 0. The average Bonchev–Trinajstić information content (AvgIpc) is 2.53. The van der Waals surface area contributed by atoms with Crippen LogP contribution in [0.25, 0.3) is 0 Å². The Morgan fingerprint density at radius 1 is 1.40 bits per heavy atom. The minimum Gasteiger partial charge on any atom is -0.338 e. The second kappa shape index (κ2) is 4.23. The molecule has 1 aromatic rings. The lowest BCUT2D eigenvalue weighted by Crippen LogP contribution is -2.26. The molecule has 1 unspecified atom stereocenters. The maximum absolute atomic E-state index is 11.7. The summed E-state index contributed by atoms with van der Waals surface area (Å²) in [5.74, 6) is 0.460. The second-order valence-corrected chi connectivity index (χ2v) is 4.51. The first-order chi connectivity index (χ1) is 7.16. The summed E-state index contributed by atoms with van der Waals surface area (Å²) in [5.41, 5.74) is 1.14. The van der Waals surface area contributed by atoms with Gasteiger partial charge in [0.1, 0.15) is 0 Å². The standard InChI is InChI=1S/C12H14ClNO/c1-9-6-7-14(12(9)15)8-10-2-4-11(13)5-3-10/h2-5,9H,6-8H2,1H3. The molecule has 1 amide bonds. The SMILES string of the molecule is CC1CCN(Cc2ccc(Cl)cc2)C1=O. The Morgan fingerprint density at radius 2 is 2.07 bits per heavy atom. The lowest BCUT2D eigenvalue weighted by atomic mass is 10.1. The number of halogens is 1. The van der Waals surface area contributed by atoms with Crippen molar-refractivity contribution in [2.45, 2.75) is 19.9 Å². The largest absolute Gasteiger partial charge is 0.338 e. The van der Waals surface area contributed by atoms with Crippen LogP contribution in [0.15, 0.2) is 24.3 Å². The number of rotatable bonds is 2. The Kier molecular flexibility index (Phi) is 2.96. The zero-order chi connectivity index (χ0) is 10.8. The molecule has 0 aliphatic carbocycles. The minimum absolute atomic E-state index is 0.192. The van der Waals surface area contributed by atoms with Crippen molar-refractivity contribution >= 4 is 17.5 Å². The third-order valence-electron chi connectivity index (χ3n) is 2.85. The number of hydrogen-bond donors (Lipinski definition) is 0. The molecule has 0 aromatic heterocycles. The van der Waals surface area contributed by atoms with Crippen LogP contribution in [0.4, 0.5) is 0 Å². The van der Waals surface area contributed by atoms with E-state index >= 15 is 0 Å². The number of hydrogen-bond acceptors (Lipinski definition) is 1. The van der Waals surface area contributed by atoms with E-state index in [4.69, 9.17) is 11.6 Å². The molecule has 3 heteroatoms. The minimum atomic E-state index is 0.192. The Labute approximate surface area is 94.8 Å². The molecule has 1 heterocycles. The van der Waals surface area contributed by atoms with Gasteiger partial charge in [-0.1, -0.05) is 30.7 Å². The van der Waals surface area contributed by atoms with E-state index in [1.807, 2.05) is 36.1 Å². The molecule has 0 spiro atoms. The Hall–Kier alpha value is -1.02. The van der Waals surface area contributed by atoms with Crippen LogP contribution < -0.4 is 0 Å². The smallest absolute Gasteiger partial charge is 0.225 e. The fourth-order valence-corrected chi connectivity index (χ4v) is 1.99. The highest BCUT2D eigenvalue weighted by molar-refractivity contribution is 6.30. The van der Waals surface area contributed by atoms with E-state index in [2.05, 4.69) is 0 Å². The van der Waals surface area contributed by atoms with Crippen molar-refractivity contribution in [1.82, 2.24) is 4.90 Å². The third kappa shape index (κ3) is 2.32. The number of nitrogens with zero attached hydrogens (tertiary/aromatic N) is 1. The van der Waals surface area contributed by atoms with Gasteiger partial charge in [0.25, 0.3) is 0 Å². The van der Waals surface area contributed by atoms with Crippen LogP contribution in [0.1, 0.15) is 18.9 Å². The van der Waals surface area contributed by atoms with Crippen molar-refractivity contribution in [2.24, 2.45) is 5.92 Å². The summed E-state index contributed by atoms with van der Waals surface area (Å²) in [5, 5.41) is 0.736. The maximum atomic E-state index is 11.7. The molecule has 1 atom stereocenters. The first-order valence-electron chi connectivity index (χ1n) is 5.20. The Morgan fingerprint density at radius 3 is 2.60 bits per heavy atom. The highest BCUT2D eigenvalue weighted by Gasteiger charge is 2.27. The zero-order valence-corrected chi connectivity index (χ0v) is 9.50. The lowest BCUT2D eigenvalue weighted by molar-refractivity contribution is -0.131. The van der Waals surface area contributed by atoms with Crippen molar-refractivity contribution in [3.63, 3.8) is 0 Å². The van der Waals surface area contributed by atoms with Gasteiger partial charge in [0, 0.05) is 24.0 Å². The third-order valence-corrected chi connectivity index (χ3v) is 3.10. The molecule has 1 saturated heterocycles. The predicted molar refractivity (Wildman–Crippen MR) is 60.7 cm³/mol. The van der Waals surface area contributed by atoms with Gasteiger partial charge in [-0.05, 0) is 24.1 Å². The van der Waals surface area contributed by atoms with Crippen molar-refractivity contribution in [2.75, 3.05) is 6.54 Å². The molecule has 1 aromatic carbocycles. The molecule has 0 bridgehead atoms. The molecule has 0 saturated carbocycles. The summed E-state index contributed by atoms with van der Waals surface area (Å²) in [6.45, 7) is 3.58. The van der Waals surface area contributed by atoms with Gasteiger partial charge in [0.15, 0.2) is 0 Å². The molecular weight excluding hydrogens is 210 g/mol. The van der Waals surface area contributed by atoms with Gasteiger partial charge in [-0.3, -0.25) is 4.79 Å². The Balaban J connectivity index is 2.03. The van der Waals surface area contributed by atoms with Crippen LogP contribution in [0.2, 0.25) is 5.02 Å². The normalized spacial score (nSPS) is 21.1. The number of carbonyl (C=O) groups is 1. The molecule has 15 heavy (non-hydrogen) atoms. The van der Waals surface area contributed by atoms with Gasteiger partial charge in [-0.15, -0.1) is 0 Å². The summed E-state index contributed by atoms with van der Waals surface area (Å²) in [4.78, 5) is 13.6. The number of amides is 1. The predicted octanol–water partition coefficient (Wildman–Crippen LogP) is 2.71. The fourth-order valence-electron chi connectivity index (χ4n) is 1.86.